The molecule has 0 amide bonds. The number of hydrogen-bond donors (Lipinski definition) is 2. The van der Waals surface area contributed by atoms with E-state index in [2.05, 4.69) is 29.2 Å². The van der Waals surface area contributed by atoms with E-state index in [1.54, 1.807) is 11.3 Å². The summed E-state index contributed by atoms with van der Waals surface area (Å²) in [6.45, 7) is 8.15. The predicted molar refractivity (Wildman–Crippen MR) is 72.8 cm³/mol. The van der Waals surface area contributed by atoms with Crippen LogP contribution in [0.25, 0.3) is 0 Å². The summed E-state index contributed by atoms with van der Waals surface area (Å²) < 4.78 is 0. The average molecular weight is 254 g/mol. The number of anilines is 1. The van der Waals surface area contributed by atoms with Crippen LogP contribution in [0.15, 0.2) is 6.20 Å². The maximum Gasteiger partial charge on any atom is 0.197 e. The van der Waals surface area contributed by atoms with Crippen molar-refractivity contribution in [2.75, 3.05) is 18.5 Å². The molecule has 0 atom stereocenters. The Bertz CT molecular complexity index is 361. The lowest BCUT2D eigenvalue weighted by atomic mass is 9.85. The summed E-state index contributed by atoms with van der Waals surface area (Å²) in [6, 6.07) is 0. The van der Waals surface area contributed by atoms with Gasteiger partial charge in [0.1, 0.15) is 0 Å². The number of nitrogen functional groups attached to an aromatic ring is 1. The third-order valence-corrected chi connectivity index (χ3v) is 4.40. The van der Waals surface area contributed by atoms with E-state index in [0.29, 0.717) is 5.41 Å². The van der Waals surface area contributed by atoms with Gasteiger partial charge in [0.2, 0.25) is 0 Å². The van der Waals surface area contributed by atoms with E-state index >= 15 is 0 Å². The van der Waals surface area contributed by atoms with Crippen molar-refractivity contribution in [3.05, 3.63) is 11.1 Å². The molecule has 1 saturated heterocycles. The summed E-state index contributed by atoms with van der Waals surface area (Å²) in [5.41, 5.74) is 3.11. The first-order valence-electron chi connectivity index (χ1n) is 6.23. The van der Waals surface area contributed by atoms with Crippen molar-refractivity contribution in [1.29, 1.82) is 0 Å². The van der Waals surface area contributed by atoms with Crippen LogP contribution in [-0.4, -0.2) is 23.0 Å². The molecular weight excluding hydrogens is 232 g/mol. The third kappa shape index (κ3) is 3.66. The highest BCUT2D eigenvalue weighted by Crippen LogP contribution is 2.30. The van der Waals surface area contributed by atoms with E-state index < -0.39 is 0 Å². The molecule has 0 aliphatic carbocycles. The Balaban J connectivity index is 1.90. The number of aromatic nitrogens is 1. The van der Waals surface area contributed by atoms with Crippen LogP contribution in [-0.2, 0) is 6.54 Å². The van der Waals surface area contributed by atoms with Crippen LogP contribution in [0, 0.1) is 5.41 Å². The third-order valence-electron chi connectivity index (χ3n) is 3.49. The summed E-state index contributed by atoms with van der Waals surface area (Å²) in [5.74, 6) is 5.34. The molecule has 1 aromatic rings. The Kier molecular flexibility index (Phi) is 4.01. The maximum absolute atomic E-state index is 5.34. The van der Waals surface area contributed by atoms with E-state index in [1.807, 2.05) is 6.20 Å². The summed E-state index contributed by atoms with van der Waals surface area (Å²) in [7, 11) is 0. The van der Waals surface area contributed by atoms with Crippen molar-refractivity contribution in [3.63, 3.8) is 0 Å². The normalized spacial score (nSPS) is 21.1. The molecule has 5 heteroatoms. The zero-order valence-electron chi connectivity index (χ0n) is 10.7. The van der Waals surface area contributed by atoms with Crippen molar-refractivity contribution < 1.29 is 0 Å². The Morgan fingerprint density at radius 3 is 3.00 bits per heavy atom. The Hall–Kier alpha value is -0.650. The molecule has 0 bridgehead atoms. The molecule has 2 heterocycles. The second-order valence-corrected chi connectivity index (χ2v) is 6.69. The largest absolute Gasteiger partial charge is 0.300 e. The fourth-order valence-corrected chi connectivity index (χ4v) is 3.07. The molecule has 0 radical (unpaired) electrons. The number of hydrazine groups is 1. The molecule has 96 valence electrons. The quantitative estimate of drug-likeness (QED) is 0.642. The van der Waals surface area contributed by atoms with Gasteiger partial charge in [0, 0.05) is 17.6 Å². The van der Waals surface area contributed by atoms with Gasteiger partial charge in [-0.1, -0.05) is 25.2 Å². The average Bonchev–Trinajstić information content (AvgIpc) is 2.66. The molecule has 0 spiro atoms. The van der Waals surface area contributed by atoms with Gasteiger partial charge in [0.15, 0.2) is 5.13 Å². The highest BCUT2D eigenvalue weighted by atomic mass is 32.1. The standard InChI is InChI=1S/C12H22N4S/c1-12(2)4-3-6-16(7-5-12)9-10-8-14-11(15-13)17-10/h8H,3-7,9,13H2,1-2H3,(H,14,15). The van der Waals surface area contributed by atoms with Crippen LogP contribution in [0.1, 0.15) is 38.0 Å². The van der Waals surface area contributed by atoms with Crippen molar-refractivity contribution in [3.8, 4) is 0 Å². The zero-order chi connectivity index (χ0) is 12.3. The number of thiazole rings is 1. The fraction of sp³-hybridized carbons (Fsp3) is 0.750. The van der Waals surface area contributed by atoms with Crippen molar-refractivity contribution in [2.45, 2.75) is 39.7 Å². The first-order valence-corrected chi connectivity index (χ1v) is 7.04. The minimum Gasteiger partial charge on any atom is -0.300 e. The fourth-order valence-electron chi connectivity index (χ4n) is 2.30. The smallest absolute Gasteiger partial charge is 0.197 e. The van der Waals surface area contributed by atoms with Crippen LogP contribution < -0.4 is 11.3 Å². The van der Waals surface area contributed by atoms with Gasteiger partial charge in [-0.3, -0.25) is 10.3 Å². The summed E-state index contributed by atoms with van der Waals surface area (Å²) >= 11 is 1.64. The SMILES string of the molecule is CC1(C)CCCN(Cc2cnc(NN)s2)CC1. The van der Waals surface area contributed by atoms with Crippen LogP contribution in [0.2, 0.25) is 0 Å². The van der Waals surface area contributed by atoms with E-state index in [4.69, 9.17) is 5.84 Å². The number of nitrogens with two attached hydrogens (primary N) is 1. The van der Waals surface area contributed by atoms with Crippen molar-refractivity contribution >= 4 is 16.5 Å². The number of hydrogen-bond acceptors (Lipinski definition) is 5. The summed E-state index contributed by atoms with van der Waals surface area (Å²) in [6.07, 6.45) is 5.85. The molecule has 1 aliphatic rings. The van der Waals surface area contributed by atoms with Crippen LogP contribution in [0.3, 0.4) is 0 Å². The van der Waals surface area contributed by atoms with E-state index in [1.165, 1.54) is 37.2 Å². The predicted octanol–water partition coefficient (Wildman–Crippen LogP) is 2.44. The van der Waals surface area contributed by atoms with E-state index in [0.717, 1.165) is 11.7 Å². The number of nitrogens with one attached hydrogen (secondary N) is 1. The second-order valence-electron chi connectivity index (χ2n) is 5.57. The van der Waals surface area contributed by atoms with Crippen LogP contribution >= 0.6 is 11.3 Å². The number of likely N-dealkylation sites (tertiary alicyclic amines) is 1. The van der Waals surface area contributed by atoms with Gasteiger partial charge in [-0.05, 0) is 37.8 Å². The molecule has 0 saturated carbocycles. The lowest BCUT2D eigenvalue weighted by Crippen LogP contribution is -2.24. The van der Waals surface area contributed by atoms with Gasteiger partial charge >= 0.3 is 0 Å². The van der Waals surface area contributed by atoms with E-state index in [-0.39, 0.29) is 0 Å². The van der Waals surface area contributed by atoms with Gasteiger partial charge in [0.05, 0.1) is 0 Å². The minimum absolute atomic E-state index is 0.506. The zero-order valence-corrected chi connectivity index (χ0v) is 11.5. The molecule has 0 aromatic carbocycles. The molecular formula is C12H22N4S. The summed E-state index contributed by atoms with van der Waals surface area (Å²) in [5, 5.41) is 0.801. The Labute approximate surface area is 107 Å². The van der Waals surface area contributed by atoms with Gasteiger partial charge in [0.25, 0.3) is 0 Å². The van der Waals surface area contributed by atoms with Gasteiger partial charge < -0.3 is 0 Å². The minimum atomic E-state index is 0.506. The van der Waals surface area contributed by atoms with E-state index in [9.17, 15) is 0 Å². The van der Waals surface area contributed by atoms with Crippen LogP contribution in [0.5, 0.6) is 0 Å². The van der Waals surface area contributed by atoms with Crippen molar-refractivity contribution in [2.24, 2.45) is 11.3 Å². The maximum atomic E-state index is 5.34. The van der Waals surface area contributed by atoms with Gasteiger partial charge in [-0.25, -0.2) is 10.8 Å². The first-order chi connectivity index (χ1) is 8.09. The van der Waals surface area contributed by atoms with Gasteiger partial charge in [-0.2, -0.15) is 0 Å². The number of nitrogens with zero attached hydrogens (tertiary/aromatic N) is 2. The monoisotopic (exact) mass is 254 g/mol. The molecule has 0 unspecified atom stereocenters. The second kappa shape index (κ2) is 5.33. The molecule has 2 rings (SSSR count). The molecule has 1 aromatic heterocycles. The molecule has 4 nitrogen and oxygen atoms in total. The van der Waals surface area contributed by atoms with Gasteiger partial charge in [-0.15, -0.1) is 0 Å². The topological polar surface area (TPSA) is 54.2 Å². The highest BCUT2D eigenvalue weighted by molar-refractivity contribution is 7.15. The molecule has 1 fully saturated rings. The van der Waals surface area contributed by atoms with Crippen LogP contribution in [0.4, 0.5) is 5.13 Å². The lowest BCUT2D eigenvalue weighted by molar-refractivity contribution is 0.257. The summed E-state index contributed by atoms with van der Waals surface area (Å²) in [4.78, 5) is 8.03. The number of rotatable bonds is 3. The molecule has 1 aliphatic heterocycles. The molecule has 17 heavy (non-hydrogen) atoms. The van der Waals surface area contributed by atoms with Crippen molar-refractivity contribution in [1.82, 2.24) is 9.88 Å². The Morgan fingerprint density at radius 1 is 1.47 bits per heavy atom. The Morgan fingerprint density at radius 2 is 2.29 bits per heavy atom. The lowest BCUT2D eigenvalue weighted by Gasteiger charge is -2.22. The first kappa shape index (κ1) is 12.8. The highest BCUT2D eigenvalue weighted by Gasteiger charge is 2.23. The molecule has 3 N–H and O–H groups in total.